The minimum absolute atomic E-state index is 0.00972. The van der Waals surface area contributed by atoms with Gasteiger partial charge in [-0.05, 0) is 24.1 Å². The van der Waals surface area contributed by atoms with Crippen molar-refractivity contribution in [2.75, 3.05) is 6.61 Å². The van der Waals surface area contributed by atoms with Gasteiger partial charge in [0, 0.05) is 30.3 Å². The highest BCUT2D eigenvalue weighted by Crippen LogP contribution is 2.34. The molecule has 0 radical (unpaired) electrons. The van der Waals surface area contributed by atoms with Gasteiger partial charge in [-0.15, -0.1) is 0 Å². The summed E-state index contributed by atoms with van der Waals surface area (Å²) in [5.74, 6) is -0.463. The number of nitrogens with one attached hydrogen (secondary N) is 1. The molecule has 164 valence electrons. The summed E-state index contributed by atoms with van der Waals surface area (Å²) in [7, 11) is 0. The molecule has 0 fully saturated rings. The molecule has 1 unspecified atom stereocenters. The number of fused-ring (bicyclic) bond motifs is 1. The van der Waals surface area contributed by atoms with Crippen LogP contribution < -0.4 is 10.2 Å². The Bertz CT molecular complexity index is 1230. The van der Waals surface area contributed by atoms with Crippen molar-refractivity contribution in [2.45, 2.75) is 25.4 Å². The predicted molar refractivity (Wildman–Crippen MR) is 126 cm³/mol. The summed E-state index contributed by atoms with van der Waals surface area (Å²) in [6.07, 6.45) is 3.95. The lowest BCUT2D eigenvalue weighted by Gasteiger charge is -2.16. The summed E-state index contributed by atoms with van der Waals surface area (Å²) in [6, 6.07) is 16.8. The molecule has 7 nitrogen and oxygen atoms in total. The predicted octanol–water partition coefficient (Wildman–Crippen LogP) is 2.98. The number of amides is 1. The number of aliphatic hydroxyl groups is 1. The lowest BCUT2D eigenvalue weighted by molar-refractivity contribution is -0.122. The first kappa shape index (κ1) is 21.7. The zero-order chi connectivity index (χ0) is 22.5. The monoisotopic (exact) mass is 449 g/mol. The van der Waals surface area contributed by atoms with E-state index < -0.39 is 6.04 Å². The molecular formula is C24H23N3O4S. The number of aliphatic imine (C=N–C) groups is 1. The lowest BCUT2D eigenvalue weighted by Crippen LogP contribution is -2.39. The van der Waals surface area contributed by atoms with E-state index in [-0.39, 0.29) is 36.2 Å². The molecule has 2 heterocycles. The number of benzene rings is 2. The second-order valence-electron chi connectivity index (χ2n) is 7.47. The van der Waals surface area contributed by atoms with Crippen LogP contribution >= 0.6 is 11.3 Å². The van der Waals surface area contributed by atoms with E-state index in [1.165, 1.54) is 4.57 Å². The molecule has 1 atom stereocenters. The normalized spacial score (nSPS) is 14.5. The smallest absolute Gasteiger partial charge is 0.310 e. The Labute approximate surface area is 189 Å². The van der Waals surface area contributed by atoms with Crippen molar-refractivity contribution in [1.29, 1.82) is 0 Å². The first-order chi connectivity index (χ1) is 15.5. The van der Waals surface area contributed by atoms with Gasteiger partial charge in [-0.25, -0.2) is 0 Å². The van der Waals surface area contributed by atoms with Crippen LogP contribution in [0, 0.1) is 0 Å². The fourth-order valence-electron chi connectivity index (χ4n) is 3.57. The Balaban J connectivity index is 1.41. The maximum atomic E-state index is 12.4. The fourth-order valence-corrected chi connectivity index (χ4v) is 4.44. The molecule has 8 heteroatoms. The number of hydrogen-bond acceptors (Lipinski definition) is 6. The Hall–Kier alpha value is -3.49. The molecule has 1 aliphatic rings. The van der Waals surface area contributed by atoms with Gasteiger partial charge in [0.1, 0.15) is 0 Å². The second-order valence-corrected chi connectivity index (χ2v) is 8.46. The van der Waals surface area contributed by atoms with Crippen molar-refractivity contribution in [3.05, 3.63) is 80.3 Å². The number of carbonyl (C=O) groups excluding carboxylic acids is 1. The van der Waals surface area contributed by atoms with Crippen molar-refractivity contribution in [3.8, 4) is 5.88 Å². The van der Waals surface area contributed by atoms with Crippen molar-refractivity contribution >= 4 is 40.8 Å². The summed E-state index contributed by atoms with van der Waals surface area (Å²) < 4.78 is 1.19. The maximum absolute atomic E-state index is 12.4. The van der Waals surface area contributed by atoms with Crippen molar-refractivity contribution < 1.29 is 15.0 Å². The van der Waals surface area contributed by atoms with Crippen LogP contribution in [0.1, 0.15) is 22.4 Å². The van der Waals surface area contributed by atoms with Gasteiger partial charge in [0.25, 0.3) is 0 Å². The molecule has 2 aromatic carbocycles. The number of para-hydroxylation sites is 1. The van der Waals surface area contributed by atoms with Crippen molar-refractivity contribution in [2.24, 2.45) is 4.99 Å². The molecule has 3 N–H and O–H groups in total. The van der Waals surface area contributed by atoms with E-state index in [1.807, 2.05) is 54.6 Å². The number of nitrogens with zero attached hydrogens (tertiary/aromatic N) is 2. The third kappa shape index (κ3) is 4.87. The molecule has 3 aromatic rings. The third-order valence-electron chi connectivity index (χ3n) is 5.21. The van der Waals surface area contributed by atoms with Crippen LogP contribution in [0.3, 0.4) is 0 Å². The van der Waals surface area contributed by atoms with Crippen LogP contribution in [0.25, 0.3) is 11.6 Å². The number of carbonyl (C=O) groups is 1. The van der Waals surface area contributed by atoms with Gasteiger partial charge in [0.2, 0.25) is 11.8 Å². The van der Waals surface area contributed by atoms with E-state index in [1.54, 1.807) is 12.3 Å². The van der Waals surface area contributed by atoms with Crippen LogP contribution in [-0.2, 0) is 17.8 Å². The second kappa shape index (κ2) is 9.76. The van der Waals surface area contributed by atoms with E-state index in [0.29, 0.717) is 11.3 Å². The quantitative estimate of drug-likeness (QED) is 0.492. The van der Waals surface area contributed by atoms with Crippen LogP contribution in [0.5, 0.6) is 5.88 Å². The van der Waals surface area contributed by atoms with Gasteiger partial charge in [0.15, 0.2) is 0 Å². The molecule has 0 saturated heterocycles. The largest absolute Gasteiger partial charge is 0.493 e. The fraction of sp³-hybridized carbons (Fsp3) is 0.208. The van der Waals surface area contributed by atoms with Gasteiger partial charge in [-0.2, -0.15) is 0 Å². The number of allylic oxidation sites excluding steroid dienone is 1. The Morgan fingerprint density at radius 1 is 1.16 bits per heavy atom. The van der Waals surface area contributed by atoms with Crippen LogP contribution in [0.4, 0.5) is 5.69 Å². The zero-order valence-corrected chi connectivity index (χ0v) is 18.1. The SMILES string of the molecule is O=C(CCn1c(O)c(C=C2C=Nc3ccccc32)sc1=O)NC(CO)Cc1ccccc1. The van der Waals surface area contributed by atoms with Crippen LogP contribution in [0.15, 0.2) is 64.4 Å². The van der Waals surface area contributed by atoms with Gasteiger partial charge < -0.3 is 15.5 Å². The topological polar surface area (TPSA) is 104 Å². The summed E-state index contributed by atoms with van der Waals surface area (Å²) >= 11 is 0.922. The summed E-state index contributed by atoms with van der Waals surface area (Å²) in [4.78, 5) is 29.2. The molecular weight excluding hydrogens is 426 g/mol. The van der Waals surface area contributed by atoms with E-state index in [9.17, 15) is 19.8 Å². The molecule has 0 aliphatic carbocycles. The average Bonchev–Trinajstić information content (AvgIpc) is 3.33. The van der Waals surface area contributed by atoms with Gasteiger partial charge >= 0.3 is 4.87 Å². The summed E-state index contributed by atoms with van der Waals surface area (Å²) in [5, 5.41) is 22.9. The van der Waals surface area contributed by atoms with E-state index >= 15 is 0 Å². The Kier molecular flexibility index (Phi) is 6.63. The standard InChI is InChI=1S/C24H23N3O4S/c28-15-18(12-16-6-2-1-3-7-16)26-22(29)10-11-27-23(30)21(32-24(27)31)13-17-14-25-20-9-5-4-8-19(17)20/h1-9,13-14,18,28,30H,10-12,15H2,(H,26,29). The van der Waals surface area contributed by atoms with Crippen LogP contribution in [-0.4, -0.2) is 39.6 Å². The van der Waals surface area contributed by atoms with E-state index in [4.69, 9.17) is 0 Å². The molecule has 0 bridgehead atoms. The lowest BCUT2D eigenvalue weighted by atomic mass is 10.1. The first-order valence-electron chi connectivity index (χ1n) is 10.3. The molecule has 0 spiro atoms. The van der Waals surface area contributed by atoms with Gasteiger partial charge in [0.05, 0.1) is 23.2 Å². The molecule has 1 aromatic heterocycles. The number of rotatable bonds is 8. The Morgan fingerprint density at radius 2 is 1.91 bits per heavy atom. The number of aromatic hydroxyl groups is 1. The highest BCUT2D eigenvalue weighted by Gasteiger charge is 2.18. The van der Waals surface area contributed by atoms with E-state index in [2.05, 4.69) is 10.3 Å². The summed E-state index contributed by atoms with van der Waals surface area (Å²) in [5.41, 5.74) is 3.60. The van der Waals surface area contributed by atoms with Gasteiger partial charge in [-0.3, -0.25) is 19.1 Å². The molecule has 32 heavy (non-hydrogen) atoms. The number of aromatic nitrogens is 1. The summed E-state index contributed by atoms with van der Waals surface area (Å²) in [6.45, 7) is -0.143. The van der Waals surface area contributed by atoms with E-state index in [0.717, 1.165) is 33.7 Å². The molecule has 1 amide bonds. The highest BCUT2D eigenvalue weighted by atomic mass is 32.1. The zero-order valence-electron chi connectivity index (χ0n) is 17.3. The molecule has 1 aliphatic heterocycles. The van der Waals surface area contributed by atoms with Crippen molar-refractivity contribution in [1.82, 2.24) is 9.88 Å². The maximum Gasteiger partial charge on any atom is 0.310 e. The average molecular weight is 450 g/mol. The number of hydrogen-bond donors (Lipinski definition) is 3. The minimum Gasteiger partial charge on any atom is -0.493 e. The highest BCUT2D eigenvalue weighted by molar-refractivity contribution is 7.10. The Morgan fingerprint density at radius 3 is 2.69 bits per heavy atom. The molecule has 4 rings (SSSR count). The van der Waals surface area contributed by atoms with Crippen LogP contribution in [0.2, 0.25) is 0 Å². The molecule has 0 saturated carbocycles. The van der Waals surface area contributed by atoms with Crippen molar-refractivity contribution in [3.63, 3.8) is 0 Å². The number of thiazole rings is 1. The first-order valence-corrected chi connectivity index (χ1v) is 11.1. The minimum atomic E-state index is -0.417. The van der Waals surface area contributed by atoms with Gasteiger partial charge in [-0.1, -0.05) is 59.9 Å². The number of aliphatic hydroxyl groups excluding tert-OH is 1. The third-order valence-corrected chi connectivity index (χ3v) is 6.13.